The minimum Gasteiger partial charge on any atom is -0.456 e. The molecule has 2 rings (SSSR count). The lowest BCUT2D eigenvalue weighted by Gasteiger charge is -2.10. The summed E-state index contributed by atoms with van der Waals surface area (Å²) in [5.74, 6) is -2.55. The van der Waals surface area contributed by atoms with Crippen molar-refractivity contribution in [2.24, 2.45) is 0 Å². The molecule has 0 spiro atoms. The molecule has 0 radical (unpaired) electrons. The quantitative estimate of drug-likeness (QED) is 0.211. The van der Waals surface area contributed by atoms with Crippen LogP contribution in [-0.4, -0.2) is 41.6 Å². The molecule has 35 heavy (non-hydrogen) atoms. The summed E-state index contributed by atoms with van der Waals surface area (Å²) in [6, 6.07) is 9.96. The van der Waals surface area contributed by atoms with Gasteiger partial charge in [-0.05, 0) is 12.1 Å². The summed E-state index contributed by atoms with van der Waals surface area (Å²) in [6.07, 6.45) is -5.21. The normalized spacial score (nSPS) is 10.8. The number of nitrogens with one attached hydrogen (secondary N) is 2. The number of nitro benzene ring substituents is 1. The number of rotatable bonds is 11. The van der Waals surface area contributed by atoms with Crippen LogP contribution in [0.2, 0.25) is 0 Å². The van der Waals surface area contributed by atoms with E-state index >= 15 is 0 Å². The molecule has 0 aliphatic rings. The Morgan fingerprint density at radius 3 is 2.26 bits per heavy atom. The molecule has 0 aromatic heterocycles. The summed E-state index contributed by atoms with van der Waals surface area (Å²) in [4.78, 5) is 57.3. The van der Waals surface area contributed by atoms with Gasteiger partial charge in [0, 0.05) is 31.0 Å². The van der Waals surface area contributed by atoms with Crippen LogP contribution in [0.15, 0.2) is 48.5 Å². The summed E-state index contributed by atoms with van der Waals surface area (Å²) in [7, 11) is 0. The molecule has 2 N–H and O–H groups in total. The molecule has 0 aliphatic heterocycles. The molecule has 0 atom stereocenters. The van der Waals surface area contributed by atoms with Gasteiger partial charge in [-0.3, -0.25) is 29.3 Å². The first kappa shape index (κ1) is 27.0. The lowest BCUT2D eigenvalue weighted by atomic mass is 10.1. The number of ketones is 1. The van der Waals surface area contributed by atoms with Crippen molar-refractivity contribution in [2.45, 2.75) is 25.4 Å². The molecule has 2 amide bonds. The van der Waals surface area contributed by atoms with Gasteiger partial charge in [0.25, 0.3) is 11.6 Å². The number of anilines is 1. The first-order valence-corrected chi connectivity index (χ1v) is 10.1. The average molecular weight is 495 g/mol. The predicted molar refractivity (Wildman–Crippen MR) is 115 cm³/mol. The van der Waals surface area contributed by atoms with E-state index < -0.39 is 52.4 Å². The number of halogens is 3. The highest BCUT2D eigenvalue weighted by Gasteiger charge is 2.33. The maximum atomic E-state index is 12.7. The van der Waals surface area contributed by atoms with Crippen molar-refractivity contribution in [1.29, 1.82) is 0 Å². The van der Waals surface area contributed by atoms with Gasteiger partial charge in [-0.2, -0.15) is 13.2 Å². The molecule has 186 valence electrons. The Labute approximate surface area is 196 Å². The zero-order valence-electron chi connectivity index (χ0n) is 18.1. The number of hydrogen-bond donors (Lipinski definition) is 2. The van der Waals surface area contributed by atoms with Gasteiger partial charge in [-0.25, -0.2) is 0 Å². The van der Waals surface area contributed by atoms with E-state index in [4.69, 9.17) is 0 Å². The van der Waals surface area contributed by atoms with Gasteiger partial charge in [0.1, 0.15) is 5.69 Å². The summed E-state index contributed by atoms with van der Waals surface area (Å²) in [5.41, 5.74) is -2.27. The number of ether oxygens (including phenoxy) is 1. The highest BCUT2D eigenvalue weighted by molar-refractivity contribution is 5.98. The maximum Gasteiger partial charge on any atom is 0.416 e. The van der Waals surface area contributed by atoms with Crippen molar-refractivity contribution < 1.29 is 42.0 Å². The topological polar surface area (TPSA) is 145 Å². The van der Waals surface area contributed by atoms with Crippen molar-refractivity contribution in [2.75, 3.05) is 18.5 Å². The van der Waals surface area contributed by atoms with Crippen molar-refractivity contribution in [3.05, 3.63) is 69.8 Å². The van der Waals surface area contributed by atoms with Gasteiger partial charge in [-0.15, -0.1) is 0 Å². The molecular weight excluding hydrogens is 475 g/mol. The van der Waals surface area contributed by atoms with Gasteiger partial charge >= 0.3 is 12.1 Å². The minimum absolute atomic E-state index is 0.0173. The third kappa shape index (κ3) is 8.87. The van der Waals surface area contributed by atoms with E-state index in [1.54, 1.807) is 30.3 Å². The molecule has 0 bridgehead atoms. The van der Waals surface area contributed by atoms with E-state index in [1.165, 1.54) is 0 Å². The van der Waals surface area contributed by atoms with Crippen LogP contribution in [0.25, 0.3) is 0 Å². The van der Waals surface area contributed by atoms with Crippen LogP contribution in [0.4, 0.5) is 24.5 Å². The largest absolute Gasteiger partial charge is 0.456 e. The second kappa shape index (κ2) is 12.3. The number of amides is 2. The molecule has 0 heterocycles. The summed E-state index contributed by atoms with van der Waals surface area (Å²) < 4.78 is 42.9. The Kier molecular flexibility index (Phi) is 9.44. The van der Waals surface area contributed by atoms with E-state index in [-0.39, 0.29) is 37.7 Å². The zero-order chi connectivity index (χ0) is 26.0. The van der Waals surface area contributed by atoms with Crippen LogP contribution in [0.3, 0.4) is 0 Å². The van der Waals surface area contributed by atoms with E-state index in [2.05, 4.69) is 10.1 Å². The molecule has 10 nitrogen and oxygen atoms in total. The van der Waals surface area contributed by atoms with Crippen molar-refractivity contribution in [3.63, 3.8) is 0 Å². The Morgan fingerprint density at radius 2 is 1.63 bits per heavy atom. The van der Waals surface area contributed by atoms with E-state index in [9.17, 15) is 42.5 Å². The molecule has 0 saturated carbocycles. The number of hydrogen-bond acceptors (Lipinski definition) is 7. The summed E-state index contributed by atoms with van der Waals surface area (Å²) in [6.45, 7) is -0.972. The monoisotopic (exact) mass is 495 g/mol. The molecular formula is C22H20F3N3O7. The highest BCUT2D eigenvalue weighted by atomic mass is 19.4. The zero-order valence-corrected chi connectivity index (χ0v) is 18.1. The molecule has 13 heteroatoms. The van der Waals surface area contributed by atoms with Crippen molar-refractivity contribution in [3.8, 4) is 0 Å². The number of Topliss-reactive ketones (excluding diaryl/α,β-unsaturated/α-hetero) is 1. The van der Waals surface area contributed by atoms with Gasteiger partial charge in [0.15, 0.2) is 12.4 Å². The number of alkyl halides is 3. The smallest absolute Gasteiger partial charge is 0.416 e. The van der Waals surface area contributed by atoms with Crippen LogP contribution in [0.1, 0.15) is 35.2 Å². The standard InChI is InChI=1S/C22H20F3N3O7/c23-22(24,25)15-6-7-16(17(12-15)28(33)34)27-20(31)13-35-21(32)10-11-26-19(30)9-8-18(29)14-4-2-1-3-5-14/h1-7,12H,8-11,13H2,(H,26,30)(H,27,31). The first-order valence-electron chi connectivity index (χ1n) is 10.1. The number of esters is 1. The lowest BCUT2D eigenvalue weighted by Crippen LogP contribution is -2.28. The SMILES string of the molecule is O=C(CCC(=O)c1ccccc1)NCCC(=O)OCC(=O)Nc1ccc(C(F)(F)F)cc1[N+](=O)[O-]. The van der Waals surface area contributed by atoms with Crippen LogP contribution in [-0.2, 0) is 25.3 Å². The van der Waals surface area contributed by atoms with E-state index in [1.807, 2.05) is 5.32 Å². The molecule has 0 fully saturated rings. The highest BCUT2D eigenvalue weighted by Crippen LogP contribution is 2.34. The molecule has 0 saturated heterocycles. The third-order valence-corrected chi connectivity index (χ3v) is 4.49. The van der Waals surface area contributed by atoms with Crippen molar-refractivity contribution in [1.82, 2.24) is 5.32 Å². The molecule has 2 aromatic rings. The molecule has 0 aliphatic carbocycles. The van der Waals surface area contributed by atoms with Gasteiger partial charge < -0.3 is 15.4 Å². The van der Waals surface area contributed by atoms with Crippen LogP contribution in [0, 0.1) is 10.1 Å². The maximum absolute atomic E-state index is 12.7. The fourth-order valence-electron chi connectivity index (χ4n) is 2.76. The second-order valence-electron chi connectivity index (χ2n) is 7.08. The Bertz CT molecular complexity index is 1110. The number of nitrogens with zero attached hydrogens (tertiary/aromatic N) is 1. The van der Waals surface area contributed by atoms with Crippen LogP contribution in [0.5, 0.6) is 0 Å². The van der Waals surface area contributed by atoms with Crippen LogP contribution < -0.4 is 10.6 Å². The number of carbonyl (C=O) groups is 4. The first-order chi connectivity index (χ1) is 16.5. The Hall–Kier alpha value is -4.29. The Balaban J connectivity index is 1.72. The second-order valence-corrected chi connectivity index (χ2v) is 7.08. The number of benzene rings is 2. The lowest BCUT2D eigenvalue weighted by molar-refractivity contribution is -0.384. The fraction of sp³-hybridized carbons (Fsp3) is 0.273. The number of carbonyl (C=O) groups excluding carboxylic acids is 4. The average Bonchev–Trinajstić information content (AvgIpc) is 2.81. The fourth-order valence-corrected chi connectivity index (χ4v) is 2.76. The number of nitro groups is 1. The Morgan fingerprint density at radius 1 is 0.943 bits per heavy atom. The summed E-state index contributed by atoms with van der Waals surface area (Å²) in [5, 5.41) is 15.5. The van der Waals surface area contributed by atoms with Gasteiger partial charge in [0.2, 0.25) is 5.91 Å². The van der Waals surface area contributed by atoms with Gasteiger partial charge in [-0.1, -0.05) is 30.3 Å². The minimum atomic E-state index is -4.81. The molecule has 0 unspecified atom stereocenters. The predicted octanol–water partition coefficient (Wildman–Crippen LogP) is 3.26. The van der Waals surface area contributed by atoms with E-state index in [0.29, 0.717) is 11.6 Å². The third-order valence-electron chi connectivity index (χ3n) is 4.49. The summed E-state index contributed by atoms with van der Waals surface area (Å²) >= 11 is 0. The van der Waals surface area contributed by atoms with Crippen molar-refractivity contribution >= 4 is 34.9 Å². The van der Waals surface area contributed by atoms with E-state index in [0.717, 1.165) is 6.07 Å². The van der Waals surface area contributed by atoms with Crippen LogP contribution >= 0.6 is 0 Å². The van der Waals surface area contributed by atoms with Gasteiger partial charge in [0.05, 0.1) is 16.9 Å². The molecule has 2 aromatic carbocycles.